The van der Waals surface area contributed by atoms with Crippen LogP contribution in [0.4, 0.5) is 0 Å². The van der Waals surface area contributed by atoms with E-state index >= 15 is 0 Å². The number of aromatic amines is 1. The summed E-state index contributed by atoms with van der Waals surface area (Å²) in [5.41, 5.74) is 6.99. The number of rotatable bonds is 3. The molecule has 2 heterocycles. The van der Waals surface area contributed by atoms with Crippen molar-refractivity contribution in [1.29, 1.82) is 0 Å². The highest BCUT2D eigenvalue weighted by Gasteiger charge is 2.33. The number of halogens is 2. The van der Waals surface area contributed by atoms with Crippen LogP contribution >= 0.6 is 23.2 Å². The molecule has 1 aliphatic rings. The Bertz CT molecular complexity index is 947. The number of H-pyrrole nitrogens is 1. The van der Waals surface area contributed by atoms with Crippen molar-refractivity contribution in [3.63, 3.8) is 0 Å². The third kappa shape index (κ3) is 2.34. The molecule has 1 fully saturated rings. The van der Waals surface area contributed by atoms with Gasteiger partial charge >= 0.3 is 0 Å². The van der Waals surface area contributed by atoms with E-state index in [2.05, 4.69) is 15.2 Å². The maximum atomic E-state index is 13.1. The Morgan fingerprint density at radius 2 is 2.04 bits per heavy atom. The summed E-state index contributed by atoms with van der Waals surface area (Å²) in [6, 6.07) is 2.89. The first-order valence-electron chi connectivity index (χ1n) is 7.23. The lowest BCUT2D eigenvalue weighted by molar-refractivity contribution is 0.574. The number of fused-ring (bicyclic) bond motifs is 1. The number of benzene rings is 1. The second-order valence-corrected chi connectivity index (χ2v) is 6.50. The van der Waals surface area contributed by atoms with Crippen LogP contribution in [0.5, 0.6) is 0 Å². The van der Waals surface area contributed by atoms with Crippen LogP contribution in [0.2, 0.25) is 10.0 Å². The van der Waals surface area contributed by atoms with E-state index in [1.807, 2.05) is 0 Å². The predicted octanol–water partition coefficient (Wildman–Crippen LogP) is 2.83. The zero-order valence-electron chi connectivity index (χ0n) is 12.0. The van der Waals surface area contributed by atoms with Crippen molar-refractivity contribution >= 4 is 34.1 Å². The van der Waals surface area contributed by atoms with Gasteiger partial charge in [0.25, 0.3) is 5.56 Å². The quantitative estimate of drug-likeness (QED) is 0.760. The lowest BCUT2D eigenvalue weighted by Crippen LogP contribution is -2.29. The minimum absolute atomic E-state index is 0.284. The summed E-state index contributed by atoms with van der Waals surface area (Å²) in [7, 11) is 0. The van der Waals surface area contributed by atoms with Gasteiger partial charge in [-0.3, -0.25) is 14.5 Å². The van der Waals surface area contributed by atoms with E-state index in [-0.39, 0.29) is 17.0 Å². The molecule has 6 nitrogen and oxygen atoms in total. The highest BCUT2D eigenvalue weighted by molar-refractivity contribution is 6.39. The highest BCUT2D eigenvalue weighted by Crippen LogP contribution is 2.39. The molecule has 0 aliphatic heterocycles. The Kier molecular flexibility index (Phi) is 3.41. The van der Waals surface area contributed by atoms with Gasteiger partial charge in [-0.2, -0.15) is 5.10 Å². The van der Waals surface area contributed by atoms with E-state index in [0.717, 1.165) is 12.8 Å². The molecule has 8 heteroatoms. The number of hydrogen-bond acceptors (Lipinski definition) is 4. The molecule has 1 aromatic carbocycles. The lowest BCUT2D eigenvalue weighted by atomic mass is 10.1. The maximum Gasteiger partial charge on any atom is 0.267 e. The number of hydrogen-bond donors (Lipinski definition) is 2. The molecule has 0 unspecified atom stereocenters. The first-order chi connectivity index (χ1) is 11.1. The van der Waals surface area contributed by atoms with Gasteiger partial charge in [-0.15, -0.1) is 0 Å². The number of nitrogens with one attached hydrogen (secondary N) is 1. The Hall–Kier alpha value is -1.89. The summed E-state index contributed by atoms with van der Waals surface area (Å²) in [6.07, 6.45) is 5.24. The molecule has 118 valence electrons. The molecular formula is C15H13Cl2N5O. The van der Waals surface area contributed by atoms with E-state index in [1.54, 1.807) is 24.5 Å². The average Bonchev–Trinajstić information content (AvgIpc) is 3.25. The highest BCUT2D eigenvalue weighted by atomic mass is 35.5. The number of nitrogens with two attached hydrogens (primary N) is 1. The van der Waals surface area contributed by atoms with Gasteiger partial charge in [0.15, 0.2) is 0 Å². The molecule has 0 bridgehead atoms. The van der Waals surface area contributed by atoms with Gasteiger partial charge in [0.2, 0.25) is 0 Å². The zero-order chi connectivity index (χ0) is 16.1. The van der Waals surface area contributed by atoms with Crippen LogP contribution < -0.4 is 11.3 Å². The molecule has 0 radical (unpaired) electrons. The Morgan fingerprint density at radius 3 is 2.70 bits per heavy atom. The third-order valence-electron chi connectivity index (χ3n) is 4.12. The van der Waals surface area contributed by atoms with Crippen molar-refractivity contribution in [2.24, 2.45) is 11.7 Å². The van der Waals surface area contributed by atoms with Crippen molar-refractivity contribution in [3.05, 3.63) is 50.7 Å². The summed E-state index contributed by atoms with van der Waals surface area (Å²) in [6.45, 7) is 0. The maximum absolute atomic E-state index is 13.1. The molecule has 1 aliphatic carbocycles. The molecule has 23 heavy (non-hydrogen) atoms. The van der Waals surface area contributed by atoms with Crippen LogP contribution in [0.25, 0.3) is 16.6 Å². The topological polar surface area (TPSA) is 89.6 Å². The van der Waals surface area contributed by atoms with Gasteiger partial charge in [0.05, 0.1) is 38.9 Å². The van der Waals surface area contributed by atoms with Gasteiger partial charge in [-0.1, -0.05) is 23.2 Å². The second kappa shape index (κ2) is 5.33. The molecule has 4 rings (SSSR count). The second-order valence-electron chi connectivity index (χ2n) is 5.68. The Morgan fingerprint density at radius 1 is 1.30 bits per heavy atom. The summed E-state index contributed by atoms with van der Waals surface area (Å²) in [4.78, 5) is 17.6. The van der Waals surface area contributed by atoms with E-state index in [9.17, 15) is 4.79 Å². The molecule has 2 aromatic heterocycles. The van der Waals surface area contributed by atoms with E-state index < -0.39 is 0 Å². The van der Waals surface area contributed by atoms with Gasteiger partial charge in [0, 0.05) is 6.20 Å². The monoisotopic (exact) mass is 349 g/mol. The molecule has 3 aromatic rings. The largest absolute Gasteiger partial charge is 0.321 e. The van der Waals surface area contributed by atoms with Crippen LogP contribution in [0.1, 0.15) is 24.7 Å². The fraction of sp³-hybridized carbons (Fsp3) is 0.267. The lowest BCUT2D eigenvalue weighted by Gasteiger charge is -2.17. The molecule has 1 atom stereocenters. The van der Waals surface area contributed by atoms with Gasteiger partial charge in [-0.05, 0) is 30.9 Å². The predicted molar refractivity (Wildman–Crippen MR) is 89.2 cm³/mol. The van der Waals surface area contributed by atoms with Crippen LogP contribution in [0.15, 0.2) is 29.3 Å². The van der Waals surface area contributed by atoms with Crippen molar-refractivity contribution in [2.75, 3.05) is 0 Å². The fourth-order valence-electron chi connectivity index (χ4n) is 2.74. The Balaban J connectivity index is 2.11. The minimum atomic E-state index is -0.336. The Labute approximate surface area is 141 Å². The third-order valence-corrected chi connectivity index (χ3v) is 4.74. The van der Waals surface area contributed by atoms with E-state index in [0.29, 0.717) is 33.0 Å². The first-order valence-corrected chi connectivity index (χ1v) is 7.99. The number of aromatic nitrogens is 4. The summed E-state index contributed by atoms with van der Waals surface area (Å²) in [5.74, 6) is 0.811. The molecule has 3 N–H and O–H groups in total. The van der Waals surface area contributed by atoms with Crippen molar-refractivity contribution < 1.29 is 0 Å². The van der Waals surface area contributed by atoms with Crippen LogP contribution in [0, 0.1) is 5.92 Å². The van der Waals surface area contributed by atoms with E-state index in [1.165, 1.54) is 4.57 Å². The fourth-order valence-corrected chi connectivity index (χ4v) is 3.17. The minimum Gasteiger partial charge on any atom is -0.321 e. The van der Waals surface area contributed by atoms with Crippen molar-refractivity contribution in [2.45, 2.75) is 18.9 Å². The summed E-state index contributed by atoms with van der Waals surface area (Å²) < 4.78 is 1.47. The summed E-state index contributed by atoms with van der Waals surface area (Å²) in [5, 5.41) is 7.59. The molecule has 0 amide bonds. The molecular weight excluding hydrogens is 337 g/mol. The smallest absolute Gasteiger partial charge is 0.267 e. The van der Waals surface area contributed by atoms with Gasteiger partial charge < -0.3 is 5.73 Å². The van der Waals surface area contributed by atoms with Crippen LogP contribution in [-0.4, -0.2) is 19.7 Å². The average molecular weight is 350 g/mol. The van der Waals surface area contributed by atoms with Crippen LogP contribution in [-0.2, 0) is 0 Å². The number of nitrogens with zero attached hydrogens (tertiary/aromatic N) is 3. The van der Waals surface area contributed by atoms with E-state index in [4.69, 9.17) is 28.9 Å². The van der Waals surface area contributed by atoms with Crippen molar-refractivity contribution in [1.82, 2.24) is 19.7 Å². The zero-order valence-corrected chi connectivity index (χ0v) is 13.5. The molecule has 1 saturated carbocycles. The molecule has 0 saturated heterocycles. The molecule has 0 spiro atoms. The van der Waals surface area contributed by atoms with Crippen molar-refractivity contribution in [3.8, 4) is 5.69 Å². The SMILES string of the molecule is N[C@H](c1nc2c(Cl)ccc(Cl)c2c(=O)n1-c1cn[nH]c1)C1CC1. The standard InChI is InChI=1S/C15H13Cl2N5O/c16-9-3-4-10(17)13-11(9)15(23)22(8-5-19-20-6-8)14(21-13)12(18)7-1-2-7/h3-7,12H,1-2,18H2,(H,19,20)/t12-/m0/s1. The normalized spacial score (nSPS) is 16.0. The van der Waals surface area contributed by atoms with Gasteiger partial charge in [0.1, 0.15) is 5.82 Å². The summed E-state index contributed by atoms with van der Waals surface area (Å²) >= 11 is 12.4. The van der Waals surface area contributed by atoms with Crippen LogP contribution in [0.3, 0.4) is 0 Å². The van der Waals surface area contributed by atoms with Gasteiger partial charge in [-0.25, -0.2) is 4.98 Å². The first kappa shape index (κ1) is 14.7.